The van der Waals surface area contributed by atoms with Gasteiger partial charge in [0.2, 0.25) is 0 Å². The molecule has 0 fully saturated rings. The third-order valence-corrected chi connectivity index (χ3v) is 4.58. The molecular weight excluding hydrogens is 189 g/mol. The second kappa shape index (κ2) is 5.29. The van der Waals surface area contributed by atoms with Crippen molar-refractivity contribution in [1.29, 1.82) is 0 Å². The van der Waals surface area contributed by atoms with Gasteiger partial charge in [-0.1, -0.05) is 35.9 Å². The molecular formula is C12H18NP. The maximum absolute atomic E-state index is 3.82. The van der Waals surface area contributed by atoms with Gasteiger partial charge in [0.05, 0.1) is 0 Å². The Morgan fingerprint density at radius 3 is 2.29 bits per heavy atom. The minimum atomic E-state index is -0.212. The van der Waals surface area contributed by atoms with Crippen molar-refractivity contribution in [2.75, 3.05) is 20.3 Å². The highest BCUT2D eigenvalue weighted by atomic mass is 31.1. The molecule has 1 unspecified atom stereocenters. The first-order chi connectivity index (χ1) is 6.65. The van der Waals surface area contributed by atoms with Crippen LogP contribution in [0.2, 0.25) is 0 Å². The Morgan fingerprint density at radius 2 is 1.86 bits per heavy atom. The van der Waals surface area contributed by atoms with E-state index in [2.05, 4.69) is 56.5 Å². The molecule has 1 rings (SSSR count). The molecule has 1 atom stereocenters. The van der Waals surface area contributed by atoms with Gasteiger partial charge in [-0.25, -0.2) is 0 Å². The summed E-state index contributed by atoms with van der Waals surface area (Å²) < 4.78 is 2.29. The molecule has 0 N–H and O–H groups in total. The summed E-state index contributed by atoms with van der Waals surface area (Å²) in [4.78, 5) is 0. The first kappa shape index (κ1) is 11.4. The van der Waals surface area contributed by atoms with Crippen molar-refractivity contribution in [3.63, 3.8) is 0 Å². The van der Waals surface area contributed by atoms with Crippen LogP contribution in [0.3, 0.4) is 0 Å². The second-order valence-corrected chi connectivity index (χ2v) is 6.03. The van der Waals surface area contributed by atoms with E-state index in [1.54, 1.807) is 0 Å². The van der Waals surface area contributed by atoms with E-state index in [-0.39, 0.29) is 8.07 Å². The van der Waals surface area contributed by atoms with E-state index in [1.165, 1.54) is 10.9 Å². The Morgan fingerprint density at radius 1 is 1.29 bits per heavy atom. The van der Waals surface area contributed by atoms with Gasteiger partial charge in [0, 0.05) is 6.16 Å². The van der Waals surface area contributed by atoms with E-state index in [0.717, 1.165) is 6.16 Å². The van der Waals surface area contributed by atoms with Gasteiger partial charge in [-0.2, -0.15) is 0 Å². The predicted molar refractivity (Wildman–Crippen MR) is 66.5 cm³/mol. The molecule has 0 aromatic heterocycles. The fraction of sp³-hybridized carbons (Fsp3) is 0.333. The molecule has 0 bridgehead atoms. The number of hydrogen-bond acceptors (Lipinski definition) is 1. The van der Waals surface area contributed by atoms with E-state index in [0.29, 0.717) is 0 Å². The summed E-state index contributed by atoms with van der Waals surface area (Å²) in [6.45, 7) is 5.94. The molecule has 0 aliphatic heterocycles. The van der Waals surface area contributed by atoms with Gasteiger partial charge >= 0.3 is 0 Å². The molecule has 0 radical (unpaired) electrons. The molecule has 76 valence electrons. The van der Waals surface area contributed by atoms with Gasteiger partial charge in [0.1, 0.15) is 0 Å². The zero-order valence-corrected chi connectivity index (χ0v) is 10.1. The standard InChI is InChI=1S/C12H18NP/c1-5-10-14(13(3)4)12-8-6-11(2)7-9-12/h5-9H,1,10H2,2-4H3. The Bertz CT molecular complexity index is 290. The summed E-state index contributed by atoms with van der Waals surface area (Å²) >= 11 is 0. The zero-order valence-electron chi connectivity index (χ0n) is 9.20. The van der Waals surface area contributed by atoms with E-state index < -0.39 is 0 Å². The topological polar surface area (TPSA) is 3.24 Å². The molecule has 1 nitrogen and oxygen atoms in total. The van der Waals surface area contributed by atoms with E-state index in [9.17, 15) is 0 Å². The van der Waals surface area contributed by atoms with Gasteiger partial charge in [0.25, 0.3) is 0 Å². The fourth-order valence-electron chi connectivity index (χ4n) is 1.34. The fourth-order valence-corrected chi connectivity index (χ4v) is 3.08. The minimum absolute atomic E-state index is 0.212. The first-order valence-electron chi connectivity index (χ1n) is 4.77. The highest BCUT2D eigenvalue weighted by molar-refractivity contribution is 7.63. The summed E-state index contributed by atoms with van der Waals surface area (Å²) in [6.07, 6.45) is 3.07. The molecule has 0 spiro atoms. The number of aryl methyl sites for hydroxylation is 1. The number of rotatable bonds is 4. The van der Waals surface area contributed by atoms with Gasteiger partial charge in [-0.3, -0.25) is 4.67 Å². The monoisotopic (exact) mass is 207 g/mol. The molecule has 0 saturated heterocycles. The minimum Gasteiger partial charge on any atom is -0.284 e. The molecule has 14 heavy (non-hydrogen) atoms. The van der Waals surface area contributed by atoms with Crippen molar-refractivity contribution in [3.8, 4) is 0 Å². The van der Waals surface area contributed by atoms with E-state index in [1.807, 2.05) is 6.08 Å². The lowest BCUT2D eigenvalue weighted by Gasteiger charge is -2.23. The summed E-state index contributed by atoms with van der Waals surface area (Å²) in [5, 5.41) is 1.43. The number of hydrogen-bond donors (Lipinski definition) is 0. The summed E-state index contributed by atoms with van der Waals surface area (Å²) in [6, 6.07) is 8.81. The van der Waals surface area contributed by atoms with Gasteiger partial charge in [0.15, 0.2) is 0 Å². The molecule has 2 heteroatoms. The maximum Gasteiger partial charge on any atom is 0.00268 e. The second-order valence-electron chi connectivity index (χ2n) is 3.55. The maximum atomic E-state index is 3.82. The van der Waals surface area contributed by atoms with Crippen LogP contribution in [-0.2, 0) is 0 Å². The number of benzene rings is 1. The first-order valence-corrected chi connectivity index (χ1v) is 6.25. The highest BCUT2D eigenvalue weighted by Crippen LogP contribution is 2.36. The lowest BCUT2D eigenvalue weighted by atomic mass is 10.2. The molecule has 0 aliphatic carbocycles. The molecule has 0 aliphatic rings. The van der Waals surface area contributed by atoms with Gasteiger partial charge in [-0.15, -0.1) is 6.58 Å². The third-order valence-electron chi connectivity index (χ3n) is 2.12. The number of allylic oxidation sites excluding steroid dienone is 1. The van der Waals surface area contributed by atoms with Crippen molar-refractivity contribution < 1.29 is 0 Å². The molecule has 0 saturated carbocycles. The largest absolute Gasteiger partial charge is 0.284 e. The molecule has 0 heterocycles. The Hall–Kier alpha value is -0.650. The van der Waals surface area contributed by atoms with Crippen molar-refractivity contribution >= 4 is 13.4 Å². The van der Waals surface area contributed by atoms with Crippen LogP contribution in [0.5, 0.6) is 0 Å². The van der Waals surface area contributed by atoms with Crippen LogP contribution in [0.25, 0.3) is 0 Å². The Balaban J connectivity index is 2.87. The average Bonchev–Trinajstić information content (AvgIpc) is 2.15. The van der Waals surface area contributed by atoms with Crippen LogP contribution in [0.15, 0.2) is 36.9 Å². The molecule has 1 aromatic rings. The molecule has 0 amide bonds. The highest BCUT2D eigenvalue weighted by Gasteiger charge is 2.10. The van der Waals surface area contributed by atoms with Gasteiger partial charge in [-0.05, 0) is 34.4 Å². The lowest BCUT2D eigenvalue weighted by molar-refractivity contribution is 0.684. The van der Waals surface area contributed by atoms with Gasteiger partial charge < -0.3 is 0 Å². The smallest absolute Gasteiger partial charge is 0.00268 e. The van der Waals surface area contributed by atoms with Crippen LogP contribution < -0.4 is 5.30 Å². The zero-order chi connectivity index (χ0) is 10.6. The lowest BCUT2D eigenvalue weighted by Crippen LogP contribution is -2.15. The van der Waals surface area contributed by atoms with Crippen LogP contribution in [0.1, 0.15) is 5.56 Å². The van der Waals surface area contributed by atoms with E-state index >= 15 is 0 Å². The SMILES string of the molecule is C=CCP(c1ccc(C)cc1)N(C)C. The third kappa shape index (κ3) is 2.94. The van der Waals surface area contributed by atoms with Crippen LogP contribution >= 0.6 is 8.07 Å². The quantitative estimate of drug-likeness (QED) is 0.542. The predicted octanol–water partition coefficient (Wildman–Crippen LogP) is 2.76. The average molecular weight is 207 g/mol. The van der Waals surface area contributed by atoms with Crippen molar-refractivity contribution in [3.05, 3.63) is 42.5 Å². The van der Waals surface area contributed by atoms with Crippen molar-refractivity contribution in [2.45, 2.75) is 6.92 Å². The van der Waals surface area contributed by atoms with Crippen molar-refractivity contribution in [2.24, 2.45) is 0 Å². The Labute approximate surface area is 88.2 Å². The Kier molecular flexibility index (Phi) is 4.31. The summed E-state index contributed by atoms with van der Waals surface area (Å²) in [7, 11) is 4.06. The summed E-state index contributed by atoms with van der Waals surface area (Å²) in [5.74, 6) is 0. The molecule has 1 aromatic carbocycles. The number of nitrogens with zero attached hydrogens (tertiary/aromatic N) is 1. The van der Waals surface area contributed by atoms with Crippen LogP contribution in [-0.4, -0.2) is 24.9 Å². The summed E-state index contributed by atoms with van der Waals surface area (Å²) in [5.41, 5.74) is 1.32. The van der Waals surface area contributed by atoms with E-state index in [4.69, 9.17) is 0 Å². The normalized spacial score (nSPS) is 12.9. The van der Waals surface area contributed by atoms with Crippen molar-refractivity contribution in [1.82, 2.24) is 4.67 Å². The van der Waals surface area contributed by atoms with Crippen LogP contribution in [0, 0.1) is 6.92 Å². The van der Waals surface area contributed by atoms with Crippen LogP contribution in [0.4, 0.5) is 0 Å².